The molecule has 0 fully saturated rings. The Kier molecular flexibility index (Phi) is 9.64. The number of benzene rings is 3. The SMILES string of the molecule is Cc1ccc(S(=O)(=O)N(CC(=O)N(Cc2ccccc2F)C(C)C(=O)NC(C)(C)C)c2cccc(Cl)c2C)cc1. The van der Waals surface area contributed by atoms with E-state index in [0.717, 1.165) is 9.87 Å². The molecule has 3 rings (SSSR count). The van der Waals surface area contributed by atoms with Crippen molar-refractivity contribution in [2.24, 2.45) is 0 Å². The van der Waals surface area contributed by atoms with Crippen molar-refractivity contribution in [2.45, 2.75) is 64.6 Å². The molecule has 2 amide bonds. The van der Waals surface area contributed by atoms with Crippen LogP contribution >= 0.6 is 11.6 Å². The van der Waals surface area contributed by atoms with E-state index in [1.807, 2.05) is 6.92 Å². The Morgan fingerprint density at radius 3 is 2.20 bits per heavy atom. The van der Waals surface area contributed by atoms with Crippen LogP contribution in [0.5, 0.6) is 0 Å². The number of nitrogens with zero attached hydrogens (tertiary/aromatic N) is 2. The van der Waals surface area contributed by atoms with Gasteiger partial charge < -0.3 is 10.2 Å². The molecule has 1 unspecified atom stereocenters. The van der Waals surface area contributed by atoms with E-state index in [0.29, 0.717) is 10.6 Å². The Morgan fingerprint density at radius 2 is 1.60 bits per heavy atom. The van der Waals surface area contributed by atoms with Crippen LogP contribution in [0.2, 0.25) is 5.02 Å². The lowest BCUT2D eigenvalue weighted by Crippen LogP contribution is -2.54. The monoisotopic (exact) mass is 587 g/mol. The number of hydrogen-bond donors (Lipinski definition) is 1. The van der Waals surface area contributed by atoms with Crippen molar-refractivity contribution in [3.05, 3.63) is 94.3 Å². The molecule has 214 valence electrons. The smallest absolute Gasteiger partial charge is 0.264 e. The van der Waals surface area contributed by atoms with Gasteiger partial charge in [-0.15, -0.1) is 0 Å². The van der Waals surface area contributed by atoms with E-state index in [1.54, 1.807) is 64.1 Å². The van der Waals surface area contributed by atoms with Crippen LogP contribution in [0.15, 0.2) is 71.6 Å². The quantitative estimate of drug-likeness (QED) is 0.352. The number of anilines is 1. The first-order valence-corrected chi connectivity index (χ1v) is 14.6. The van der Waals surface area contributed by atoms with Gasteiger partial charge in [0.25, 0.3) is 10.0 Å². The van der Waals surface area contributed by atoms with Gasteiger partial charge in [0.1, 0.15) is 18.4 Å². The first-order chi connectivity index (χ1) is 18.6. The first kappa shape index (κ1) is 31.1. The van der Waals surface area contributed by atoms with Crippen molar-refractivity contribution in [1.29, 1.82) is 0 Å². The van der Waals surface area contributed by atoms with Gasteiger partial charge in [0.15, 0.2) is 0 Å². The Bertz CT molecular complexity index is 1490. The third-order valence-electron chi connectivity index (χ3n) is 6.36. The van der Waals surface area contributed by atoms with Gasteiger partial charge in [-0.2, -0.15) is 0 Å². The molecule has 0 spiro atoms. The zero-order valence-corrected chi connectivity index (χ0v) is 25.1. The maximum atomic E-state index is 14.7. The molecule has 1 N–H and O–H groups in total. The molecule has 3 aromatic rings. The van der Waals surface area contributed by atoms with E-state index < -0.39 is 45.8 Å². The molecule has 3 aromatic carbocycles. The number of sulfonamides is 1. The highest BCUT2D eigenvalue weighted by molar-refractivity contribution is 7.92. The zero-order valence-electron chi connectivity index (χ0n) is 23.5. The van der Waals surface area contributed by atoms with Crippen LogP contribution in [0.1, 0.15) is 44.4 Å². The van der Waals surface area contributed by atoms with Crippen LogP contribution in [-0.2, 0) is 26.2 Å². The average molecular weight is 588 g/mol. The summed E-state index contributed by atoms with van der Waals surface area (Å²) in [6.07, 6.45) is 0. The molecule has 7 nitrogen and oxygen atoms in total. The fourth-order valence-corrected chi connectivity index (χ4v) is 5.73. The second-order valence-electron chi connectivity index (χ2n) is 10.7. The first-order valence-electron chi connectivity index (χ1n) is 12.8. The van der Waals surface area contributed by atoms with Gasteiger partial charge in [-0.3, -0.25) is 13.9 Å². The zero-order chi connectivity index (χ0) is 29.8. The highest BCUT2D eigenvalue weighted by atomic mass is 35.5. The van der Waals surface area contributed by atoms with Crippen LogP contribution < -0.4 is 9.62 Å². The summed E-state index contributed by atoms with van der Waals surface area (Å²) in [4.78, 5) is 28.3. The molecule has 40 heavy (non-hydrogen) atoms. The number of hydrogen-bond acceptors (Lipinski definition) is 4. The number of carbonyl (C=O) groups excluding carboxylic acids is 2. The minimum absolute atomic E-state index is 0.00977. The van der Waals surface area contributed by atoms with Crippen LogP contribution in [0.4, 0.5) is 10.1 Å². The maximum absolute atomic E-state index is 14.7. The standard InChI is InChI=1S/C30H35ClFN3O4S/c1-20-14-16-24(17-15-20)40(38,39)35(27-13-9-11-25(31)21(27)2)19-28(36)34(18-23-10-7-8-12-26(23)32)22(3)29(37)33-30(4,5)6/h7-17,22H,18-19H2,1-6H3,(H,33,37). The van der Waals surface area contributed by atoms with Gasteiger partial charge >= 0.3 is 0 Å². The van der Waals surface area contributed by atoms with Crippen molar-refractivity contribution in [1.82, 2.24) is 10.2 Å². The van der Waals surface area contributed by atoms with E-state index in [1.165, 1.54) is 42.2 Å². The lowest BCUT2D eigenvalue weighted by Gasteiger charge is -2.34. The number of amides is 2. The van der Waals surface area contributed by atoms with Crippen LogP contribution in [0.3, 0.4) is 0 Å². The number of nitrogens with one attached hydrogen (secondary N) is 1. The van der Waals surface area contributed by atoms with Crippen LogP contribution in [0, 0.1) is 19.7 Å². The molecule has 0 radical (unpaired) electrons. The summed E-state index contributed by atoms with van der Waals surface area (Å²) < 4.78 is 43.5. The highest BCUT2D eigenvalue weighted by Crippen LogP contribution is 2.31. The van der Waals surface area contributed by atoms with Crippen LogP contribution in [-0.4, -0.2) is 43.3 Å². The predicted molar refractivity (Wildman–Crippen MR) is 156 cm³/mol. The molecule has 0 aliphatic carbocycles. The Morgan fingerprint density at radius 1 is 0.975 bits per heavy atom. The van der Waals surface area contributed by atoms with Crippen molar-refractivity contribution in [2.75, 3.05) is 10.8 Å². The Labute approximate surface area is 241 Å². The van der Waals surface area contributed by atoms with E-state index in [4.69, 9.17) is 11.6 Å². The fraction of sp³-hybridized carbons (Fsp3) is 0.333. The summed E-state index contributed by atoms with van der Waals surface area (Å²) in [6, 6.07) is 16.0. The summed E-state index contributed by atoms with van der Waals surface area (Å²) in [5.74, 6) is -1.68. The number of halogens is 2. The van der Waals surface area contributed by atoms with Crippen LogP contribution in [0.25, 0.3) is 0 Å². The minimum Gasteiger partial charge on any atom is -0.350 e. The highest BCUT2D eigenvalue weighted by Gasteiger charge is 2.34. The Balaban J connectivity index is 2.09. The van der Waals surface area contributed by atoms with E-state index in [9.17, 15) is 22.4 Å². The van der Waals surface area contributed by atoms with Gasteiger partial charge in [0.2, 0.25) is 11.8 Å². The summed E-state index contributed by atoms with van der Waals surface area (Å²) in [5, 5.41) is 3.17. The lowest BCUT2D eigenvalue weighted by atomic mass is 10.1. The lowest BCUT2D eigenvalue weighted by molar-refractivity contribution is -0.140. The molecule has 0 heterocycles. The Hall–Kier alpha value is -3.43. The van der Waals surface area contributed by atoms with Gasteiger partial charge in [-0.05, 0) is 77.4 Å². The van der Waals surface area contributed by atoms with Gasteiger partial charge in [0, 0.05) is 22.7 Å². The van der Waals surface area contributed by atoms with E-state index in [-0.39, 0.29) is 22.7 Å². The normalized spacial score (nSPS) is 12.5. The van der Waals surface area contributed by atoms with Crippen molar-refractivity contribution in [3.63, 3.8) is 0 Å². The van der Waals surface area contributed by atoms with Gasteiger partial charge in [-0.1, -0.05) is 53.6 Å². The molecule has 0 aromatic heterocycles. The number of aryl methyl sites for hydroxylation is 1. The molecular weight excluding hydrogens is 553 g/mol. The van der Waals surface area contributed by atoms with Gasteiger partial charge in [-0.25, -0.2) is 12.8 Å². The summed E-state index contributed by atoms with van der Waals surface area (Å²) >= 11 is 6.34. The number of carbonyl (C=O) groups is 2. The molecule has 0 saturated heterocycles. The van der Waals surface area contributed by atoms with E-state index in [2.05, 4.69) is 5.32 Å². The second kappa shape index (κ2) is 12.4. The summed E-state index contributed by atoms with van der Waals surface area (Å²) in [7, 11) is -4.24. The molecule has 0 saturated carbocycles. The summed E-state index contributed by atoms with van der Waals surface area (Å²) in [5.41, 5.74) is 1.16. The third-order valence-corrected chi connectivity index (χ3v) is 8.54. The van der Waals surface area contributed by atoms with Crippen molar-refractivity contribution < 1.29 is 22.4 Å². The molecule has 1 atom stereocenters. The summed E-state index contributed by atoms with van der Waals surface area (Å²) in [6.45, 7) is 9.56. The van der Waals surface area contributed by atoms with Gasteiger partial charge in [0.05, 0.1) is 10.6 Å². The van der Waals surface area contributed by atoms with Crippen molar-refractivity contribution in [3.8, 4) is 0 Å². The number of rotatable bonds is 9. The molecule has 0 bridgehead atoms. The van der Waals surface area contributed by atoms with E-state index >= 15 is 0 Å². The molecular formula is C30H35ClFN3O4S. The molecule has 10 heteroatoms. The third kappa shape index (κ3) is 7.40. The maximum Gasteiger partial charge on any atom is 0.264 e. The van der Waals surface area contributed by atoms with Crippen molar-refractivity contribution >= 4 is 39.1 Å². The topological polar surface area (TPSA) is 86.8 Å². The molecule has 0 aliphatic heterocycles. The fourth-order valence-electron chi connectivity index (χ4n) is 4.08. The second-order valence-corrected chi connectivity index (χ2v) is 13.0. The molecule has 0 aliphatic rings. The largest absolute Gasteiger partial charge is 0.350 e. The minimum atomic E-state index is -4.24. The average Bonchev–Trinajstić information content (AvgIpc) is 2.87. The predicted octanol–water partition coefficient (Wildman–Crippen LogP) is 5.62.